The van der Waals surface area contributed by atoms with Crippen molar-refractivity contribution in [1.82, 2.24) is 14.5 Å². The third kappa shape index (κ3) is 11.7. The molecule has 0 atom stereocenters. The third-order valence-corrected chi connectivity index (χ3v) is 29.9. The van der Waals surface area contributed by atoms with Crippen LogP contribution in [0.2, 0.25) is 0 Å². The molecule has 5 heteroatoms. The average molecular weight is 1670 g/mol. The number of para-hydroxylation sites is 2. The van der Waals surface area contributed by atoms with Gasteiger partial charge in [0.05, 0.1) is 22.4 Å². The van der Waals surface area contributed by atoms with E-state index < -0.39 is 0 Å². The number of benzene rings is 22. The second kappa shape index (κ2) is 29.2. The molecule has 27 aromatic rings. The van der Waals surface area contributed by atoms with Crippen molar-refractivity contribution < 1.29 is 0 Å². The molecule has 0 aliphatic rings. The molecule has 5 aromatic heterocycles. The number of pyridine rings is 2. The van der Waals surface area contributed by atoms with Gasteiger partial charge in [-0.2, -0.15) is 0 Å². The summed E-state index contributed by atoms with van der Waals surface area (Å²) in [5.41, 5.74) is 26.0. The topological polar surface area (TPSA) is 30.7 Å². The van der Waals surface area contributed by atoms with Crippen LogP contribution in [0.4, 0.5) is 0 Å². The molecule has 27 rings (SSSR count). The molecule has 0 radical (unpaired) electrons. The van der Waals surface area contributed by atoms with E-state index in [4.69, 9.17) is 9.97 Å². The molecule has 0 spiro atoms. The van der Waals surface area contributed by atoms with Gasteiger partial charge in [0.2, 0.25) is 0 Å². The molecule has 0 aliphatic heterocycles. The SMILES string of the molecule is c1ccc(-c2cc(-c3ccc4c(c3)c3ccccc3c3cnc(-c5cccc(-c6cccc(-c7cccc8c7sc7ccccc78)c6)c5)cc43)cc3c2sc2c(-c4cccc(-c5cc6c7ccccc7c7ccccc7c6cn5)c4)c(-c4cc(-c5ccc6c7ccccc7c7ccccc7c6c5)cc(-c5ccc6c(c5)c5ccccc5n6-c5ccccc5)c4)ccc23)cc1. The quantitative estimate of drug-likeness (QED) is 0.121. The lowest BCUT2D eigenvalue weighted by Gasteiger charge is -2.17. The summed E-state index contributed by atoms with van der Waals surface area (Å²) in [5, 5.41) is 29.2. The average Bonchev–Trinajstić information content (AvgIpc) is 1.39. The molecule has 129 heavy (non-hydrogen) atoms. The fourth-order valence-electron chi connectivity index (χ4n) is 21.4. The second-order valence-electron chi connectivity index (χ2n) is 34.5. The lowest BCUT2D eigenvalue weighted by Crippen LogP contribution is -1.93. The van der Waals surface area contributed by atoms with E-state index in [2.05, 4.69) is 448 Å². The van der Waals surface area contributed by atoms with Crippen LogP contribution in [-0.4, -0.2) is 14.5 Å². The van der Waals surface area contributed by atoms with Crippen LogP contribution < -0.4 is 0 Å². The van der Waals surface area contributed by atoms with Gasteiger partial charge in [0.1, 0.15) is 0 Å². The van der Waals surface area contributed by atoms with Gasteiger partial charge >= 0.3 is 0 Å². The maximum atomic E-state index is 5.43. The highest BCUT2D eigenvalue weighted by atomic mass is 32.1. The monoisotopic (exact) mass is 1670 g/mol. The zero-order valence-electron chi connectivity index (χ0n) is 69.8. The summed E-state index contributed by atoms with van der Waals surface area (Å²) in [4.78, 5) is 10.8. The first kappa shape index (κ1) is 73.1. The normalized spacial score (nSPS) is 12.0. The van der Waals surface area contributed by atoms with E-state index in [1.54, 1.807) is 0 Å². The summed E-state index contributed by atoms with van der Waals surface area (Å²) >= 11 is 3.79. The van der Waals surface area contributed by atoms with Crippen LogP contribution >= 0.6 is 22.7 Å². The lowest BCUT2D eigenvalue weighted by molar-refractivity contribution is 1.18. The maximum Gasteiger partial charge on any atom is 0.0708 e. The predicted octanol–water partition coefficient (Wildman–Crippen LogP) is 35.4. The number of fused-ring (bicyclic) bond motifs is 27. The Bertz CT molecular complexity index is 9390. The van der Waals surface area contributed by atoms with Gasteiger partial charge in [0.15, 0.2) is 0 Å². The summed E-state index contributed by atoms with van der Waals surface area (Å²) in [5.74, 6) is 0. The van der Waals surface area contributed by atoms with Crippen LogP contribution in [0.15, 0.2) is 443 Å². The van der Waals surface area contributed by atoms with Gasteiger partial charge in [-0.3, -0.25) is 9.97 Å². The Morgan fingerprint density at radius 3 is 1.12 bits per heavy atom. The zero-order chi connectivity index (χ0) is 84.5. The summed E-state index contributed by atoms with van der Waals surface area (Å²) < 4.78 is 7.49. The van der Waals surface area contributed by atoms with Crippen molar-refractivity contribution in [2.45, 2.75) is 0 Å². The van der Waals surface area contributed by atoms with Crippen LogP contribution in [0, 0.1) is 0 Å². The Kier molecular flexibility index (Phi) is 16.5. The summed E-state index contributed by atoms with van der Waals surface area (Å²) in [6.07, 6.45) is 4.22. The molecule has 5 heterocycles. The van der Waals surface area contributed by atoms with Gasteiger partial charge in [0.25, 0.3) is 0 Å². The van der Waals surface area contributed by atoms with E-state index in [1.165, 1.54) is 176 Å². The van der Waals surface area contributed by atoms with Gasteiger partial charge < -0.3 is 4.57 Å². The van der Waals surface area contributed by atoms with Gasteiger partial charge in [-0.05, 0) is 273 Å². The summed E-state index contributed by atoms with van der Waals surface area (Å²) in [6.45, 7) is 0. The molecule has 0 bridgehead atoms. The van der Waals surface area contributed by atoms with E-state index in [0.717, 1.165) is 100 Å². The maximum absolute atomic E-state index is 5.43. The van der Waals surface area contributed by atoms with Crippen molar-refractivity contribution in [3.63, 3.8) is 0 Å². The fraction of sp³-hybridized carbons (Fsp3) is 0. The van der Waals surface area contributed by atoms with Crippen molar-refractivity contribution in [3.8, 4) is 117 Å². The predicted molar refractivity (Wildman–Crippen MR) is 554 cm³/mol. The highest BCUT2D eigenvalue weighted by Gasteiger charge is 2.25. The Balaban J connectivity index is 0.658. The van der Waals surface area contributed by atoms with E-state index in [9.17, 15) is 0 Å². The first-order valence-corrected chi connectivity index (χ1v) is 45.9. The summed E-state index contributed by atoms with van der Waals surface area (Å²) in [7, 11) is 0. The smallest absolute Gasteiger partial charge is 0.0708 e. The number of rotatable bonds is 11. The molecular formula is C124H73N3S2. The number of nitrogens with zero attached hydrogens (tertiary/aromatic N) is 3. The molecule has 596 valence electrons. The lowest BCUT2D eigenvalue weighted by atomic mass is 9.87. The highest BCUT2D eigenvalue weighted by Crippen LogP contribution is 2.53. The minimum absolute atomic E-state index is 0.921. The Morgan fingerprint density at radius 2 is 0.527 bits per heavy atom. The number of hydrogen-bond acceptors (Lipinski definition) is 4. The molecular weight excluding hydrogens is 1600 g/mol. The second-order valence-corrected chi connectivity index (χ2v) is 36.5. The van der Waals surface area contributed by atoms with E-state index in [1.807, 2.05) is 22.7 Å². The molecule has 0 N–H and O–H groups in total. The molecule has 0 saturated carbocycles. The van der Waals surface area contributed by atoms with E-state index in [0.29, 0.717) is 0 Å². The van der Waals surface area contributed by atoms with Crippen molar-refractivity contribution in [2.75, 3.05) is 0 Å². The van der Waals surface area contributed by atoms with E-state index >= 15 is 0 Å². The molecule has 3 nitrogen and oxygen atoms in total. The van der Waals surface area contributed by atoms with Crippen LogP contribution in [0.5, 0.6) is 0 Å². The minimum atomic E-state index is 0.921. The van der Waals surface area contributed by atoms with E-state index in [-0.39, 0.29) is 0 Å². The first-order chi connectivity index (χ1) is 63.9. The van der Waals surface area contributed by atoms with Crippen LogP contribution in [-0.2, 0) is 0 Å². The Hall–Kier alpha value is -16.3. The zero-order valence-corrected chi connectivity index (χ0v) is 71.4. The third-order valence-electron chi connectivity index (χ3n) is 27.4. The Morgan fingerprint density at radius 1 is 0.163 bits per heavy atom. The van der Waals surface area contributed by atoms with Crippen molar-refractivity contribution in [3.05, 3.63) is 443 Å². The van der Waals surface area contributed by atoms with Crippen molar-refractivity contribution >= 4 is 182 Å². The molecule has 0 fully saturated rings. The number of aromatic nitrogens is 3. The van der Waals surface area contributed by atoms with Crippen LogP contribution in [0.25, 0.3) is 276 Å². The highest BCUT2D eigenvalue weighted by molar-refractivity contribution is 7.27. The molecule has 22 aromatic carbocycles. The molecule has 0 saturated heterocycles. The van der Waals surface area contributed by atoms with Gasteiger partial charge in [-0.25, -0.2) is 0 Å². The van der Waals surface area contributed by atoms with Gasteiger partial charge in [-0.15, -0.1) is 22.7 Å². The largest absolute Gasteiger partial charge is 0.309 e. The van der Waals surface area contributed by atoms with Crippen molar-refractivity contribution in [1.29, 1.82) is 0 Å². The van der Waals surface area contributed by atoms with Gasteiger partial charge in [-0.1, -0.05) is 322 Å². The van der Waals surface area contributed by atoms with Crippen LogP contribution in [0.1, 0.15) is 0 Å². The Labute approximate surface area is 750 Å². The standard InChI is InChI=1S/C124H73N3S2/c1-3-25-74(26-4-1)107-68-86(78-52-55-102-109(66-78)98-42-14-16-44-100(98)115-73-125-116(71-111(102)115)81-30-22-28-76(60-81)75-27-21-29-80(59-75)90-47-24-48-105-104-46-18-20-50-120(104)128-122(90)105)69-113-106-57-56-89(121(124(106)129-123(107)113)83-32-23-31-82(61-83)117-70-110-97-41-13-10-37-93(97)94-38-11-15-43-99(94)114(110)72-126-117)87-63-84(77-51-54-101-95-39-8-7-35-91(95)92-36-9-12-40-96(92)108(101)65-77)62-85(64-87)79-53-58-119-112(67-79)103-45-17-19-49-118(103)127(119)88-33-5-2-6-34-88/h1-73H. The molecule has 0 aliphatic carbocycles. The van der Waals surface area contributed by atoms with Crippen molar-refractivity contribution in [2.24, 2.45) is 0 Å². The molecule has 0 unspecified atom stereocenters. The molecule has 0 amide bonds. The number of hydrogen-bond donors (Lipinski definition) is 0. The van der Waals surface area contributed by atoms with Gasteiger partial charge in [0, 0.05) is 102 Å². The summed E-state index contributed by atoms with van der Waals surface area (Å²) in [6, 6.07) is 161. The fourth-order valence-corrected chi connectivity index (χ4v) is 24.0. The minimum Gasteiger partial charge on any atom is -0.309 e. The number of thiophene rings is 2. The van der Waals surface area contributed by atoms with Crippen LogP contribution in [0.3, 0.4) is 0 Å². The first-order valence-electron chi connectivity index (χ1n) is 44.3.